The Morgan fingerprint density at radius 1 is 1.33 bits per heavy atom. The number of hydrogen-bond acceptors (Lipinski definition) is 3. The second kappa shape index (κ2) is 10.0. The topological polar surface area (TPSA) is 78.1 Å². The summed E-state index contributed by atoms with van der Waals surface area (Å²) < 4.78 is 28.9. The van der Waals surface area contributed by atoms with Gasteiger partial charge in [0.25, 0.3) is 0 Å². The maximum atomic E-state index is 13.5. The molecule has 1 saturated heterocycles. The van der Waals surface area contributed by atoms with Crippen molar-refractivity contribution >= 4 is 18.7 Å². The lowest BCUT2D eigenvalue weighted by Gasteiger charge is -2.28. The van der Waals surface area contributed by atoms with Gasteiger partial charge in [0.2, 0.25) is 11.9 Å². The summed E-state index contributed by atoms with van der Waals surface area (Å²) in [5, 5.41) is 3.20. The average Bonchev–Trinajstić information content (AvgIpc) is 3.37. The predicted octanol–water partition coefficient (Wildman–Crippen LogP) is 4.59. The highest BCUT2D eigenvalue weighted by Gasteiger charge is 2.39. The highest BCUT2D eigenvalue weighted by Crippen LogP contribution is 2.38. The third-order valence-electron chi connectivity index (χ3n) is 6.49. The Hall–Kier alpha value is -2.78. The Morgan fingerprint density at radius 3 is 2.58 bits per heavy atom. The number of imidazole rings is 1. The van der Waals surface area contributed by atoms with Crippen LogP contribution in [0.25, 0.3) is 0 Å². The minimum Gasteiger partial charge on any atom is -0.346 e. The number of carbonyl (C=O) groups excluding carboxylic acids is 1. The molecule has 1 saturated carbocycles. The molecule has 1 aromatic heterocycles. The van der Waals surface area contributed by atoms with E-state index in [1.807, 2.05) is 24.6 Å². The van der Waals surface area contributed by atoms with Gasteiger partial charge < -0.3 is 14.8 Å². The van der Waals surface area contributed by atoms with E-state index in [1.54, 1.807) is 29.3 Å². The van der Waals surface area contributed by atoms with E-state index in [0.717, 1.165) is 5.69 Å². The molecule has 0 unspecified atom stereocenters. The van der Waals surface area contributed by atoms with Gasteiger partial charge in [-0.3, -0.25) is 4.90 Å². The third kappa shape index (κ3) is 5.59. The normalized spacial score (nSPS) is 23.4. The number of guanidine groups is 1. The largest absolute Gasteiger partial charge is 0.346 e. The highest BCUT2D eigenvalue weighted by atomic mass is 19.3. The number of nitrogens with one attached hydrogen (secondary N) is 1. The number of halogens is 2. The number of likely N-dealkylation sites (N-methyl/N-ethyl adjacent to an activating group) is 1. The Morgan fingerprint density at radius 2 is 2.00 bits per heavy atom. The molecule has 33 heavy (non-hydrogen) atoms. The van der Waals surface area contributed by atoms with Crippen molar-refractivity contribution in [1.29, 1.82) is 0 Å². The molecule has 0 radical (unpaired) electrons. The number of aromatic nitrogens is 2. The molecular formula is C23H35F2N7O. The molecule has 8 nitrogen and oxygen atoms in total. The van der Waals surface area contributed by atoms with Crippen LogP contribution in [0.1, 0.15) is 71.2 Å². The van der Waals surface area contributed by atoms with Crippen LogP contribution in [-0.2, 0) is 0 Å². The Bertz CT molecular complexity index is 914. The van der Waals surface area contributed by atoms with Crippen LogP contribution in [0.3, 0.4) is 0 Å². The molecule has 2 amide bonds. The molecule has 2 atom stereocenters. The summed E-state index contributed by atoms with van der Waals surface area (Å²) in [6, 6.07) is -0.292. The van der Waals surface area contributed by atoms with Crippen LogP contribution in [0.4, 0.5) is 13.6 Å². The SMILES string of the molecule is C=N/C(=N\C(=C/C)N1C(=O)N(C)C[C@@H]1C(C)C)N[C@@H](C)c1cn(C2CCC(F)(F)CC2)cn1. The number of allylic oxidation sites excluding steroid dienone is 1. The van der Waals surface area contributed by atoms with Gasteiger partial charge in [0.1, 0.15) is 5.82 Å². The number of alkyl halides is 2. The van der Waals surface area contributed by atoms with E-state index in [0.29, 0.717) is 25.2 Å². The van der Waals surface area contributed by atoms with Crippen molar-refractivity contribution in [3.63, 3.8) is 0 Å². The van der Waals surface area contributed by atoms with Gasteiger partial charge in [-0.05, 0) is 45.4 Å². The first-order chi connectivity index (χ1) is 15.6. The number of hydrogen-bond donors (Lipinski definition) is 1. The lowest BCUT2D eigenvalue weighted by molar-refractivity contribution is -0.0439. The Balaban J connectivity index is 1.72. The van der Waals surface area contributed by atoms with Gasteiger partial charge in [0.05, 0.1) is 24.1 Å². The van der Waals surface area contributed by atoms with Crippen molar-refractivity contribution in [1.82, 2.24) is 24.7 Å². The molecular weight excluding hydrogens is 428 g/mol. The number of carbonyl (C=O) groups is 1. The summed E-state index contributed by atoms with van der Waals surface area (Å²) in [4.78, 5) is 29.2. The second-order valence-corrected chi connectivity index (χ2v) is 9.28. The van der Waals surface area contributed by atoms with Crippen LogP contribution < -0.4 is 5.32 Å². The van der Waals surface area contributed by atoms with Crippen molar-refractivity contribution in [2.24, 2.45) is 15.9 Å². The number of aliphatic imine (C=N–C) groups is 2. The minimum atomic E-state index is -2.56. The second-order valence-electron chi connectivity index (χ2n) is 9.28. The zero-order valence-corrected chi connectivity index (χ0v) is 20.1. The summed E-state index contributed by atoms with van der Waals surface area (Å²) in [6.07, 6.45) is 6.06. The summed E-state index contributed by atoms with van der Waals surface area (Å²) in [7, 11) is 1.78. The quantitative estimate of drug-likeness (QED) is 0.495. The first-order valence-electron chi connectivity index (χ1n) is 11.5. The van der Waals surface area contributed by atoms with Crippen molar-refractivity contribution < 1.29 is 13.6 Å². The van der Waals surface area contributed by atoms with Crippen molar-refractivity contribution in [3.8, 4) is 0 Å². The maximum Gasteiger partial charge on any atom is 0.325 e. The lowest BCUT2D eigenvalue weighted by Crippen LogP contribution is -2.37. The first kappa shape index (κ1) is 24.9. The standard InChI is InChI=1S/C23H35F2N7O/c1-7-20(32-19(15(2)3)13-30(6)22(32)33)29-21(26-5)28-16(4)18-12-31(14-27-18)17-8-10-23(24,25)11-9-17/h7,12,14-17,19H,5,8-11,13H2,1-4,6H3,(H,28,29)/b20-7+/t16-,19+/m0/s1. The molecule has 182 valence electrons. The van der Waals surface area contributed by atoms with E-state index in [4.69, 9.17) is 0 Å². The highest BCUT2D eigenvalue weighted by molar-refractivity contribution is 5.86. The molecule has 1 N–H and O–H groups in total. The van der Waals surface area contributed by atoms with Gasteiger partial charge in [-0.2, -0.15) is 4.99 Å². The van der Waals surface area contributed by atoms with Crippen LogP contribution in [-0.4, -0.2) is 63.6 Å². The van der Waals surface area contributed by atoms with Crippen LogP contribution in [0.2, 0.25) is 0 Å². The molecule has 2 heterocycles. The Labute approximate surface area is 194 Å². The van der Waals surface area contributed by atoms with Crippen LogP contribution >= 0.6 is 0 Å². The monoisotopic (exact) mass is 463 g/mol. The first-order valence-corrected chi connectivity index (χ1v) is 11.5. The predicted molar refractivity (Wildman–Crippen MR) is 125 cm³/mol. The van der Waals surface area contributed by atoms with Gasteiger partial charge in [-0.15, -0.1) is 0 Å². The molecule has 0 bridgehead atoms. The van der Waals surface area contributed by atoms with Crippen molar-refractivity contribution in [3.05, 3.63) is 30.1 Å². The molecule has 3 rings (SSSR count). The van der Waals surface area contributed by atoms with Crippen LogP contribution in [0, 0.1) is 5.92 Å². The fraction of sp³-hybridized carbons (Fsp3) is 0.652. The molecule has 1 aliphatic heterocycles. The van der Waals surface area contributed by atoms with Gasteiger partial charge in [-0.25, -0.2) is 23.6 Å². The van der Waals surface area contributed by atoms with Crippen LogP contribution in [0.15, 0.2) is 34.4 Å². The average molecular weight is 464 g/mol. The Kier molecular flexibility index (Phi) is 7.54. The molecule has 1 aliphatic carbocycles. The zero-order valence-electron chi connectivity index (χ0n) is 20.1. The number of urea groups is 1. The van der Waals surface area contributed by atoms with Crippen molar-refractivity contribution in [2.45, 2.75) is 77.4 Å². The van der Waals surface area contributed by atoms with E-state index in [1.165, 1.54) is 0 Å². The van der Waals surface area contributed by atoms with Crippen molar-refractivity contribution in [2.75, 3.05) is 13.6 Å². The molecule has 2 aliphatic rings. The number of nitrogens with zero attached hydrogens (tertiary/aromatic N) is 6. The fourth-order valence-electron chi connectivity index (χ4n) is 4.39. The van der Waals surface area contributed by atoms with Gasteiger partial charge >= 0.3 is 6.03 Å². The van der Waals surface area contributed by atoms with E-state index in [2.05, 4.69) is 40.9 Å². The smallest absolute Gasteiger partial charge is 0.325 e. The zero-order chi connectivity index (χ0) is 24.3. The van der Waals surface area contributed by atoms with E-state index in [-0.39, 0.29) is 48.9 Å². The molecule has 2 fully saturated rings. The summed E-state index contributed by atoms with van der Waals surface area (Å²) in [6.45, 7) is 12.2. The van der Waals surface area contributed by atoms with Gasteiger partial charge in [0, 0.05) is 38.7 Å². The van der Waals surface area contributed by atoms with E-state index in [9.17, 15) is 13.6 Å². The molecule has 1 aromatic rings. The number of rotatable bonds is 6. The summed E-state index contributed by atoms with van der Waals surface area (Å²) >= 11 is 0. The van der Waals surface area contributed by atoms with E-state index < -0.39 is 5.92 Å². The van der Waals surface area contributed by atoms with Gasteiger partial charge in [-0.1, -0.05) is 13.8 Å². The molecule has 0 spiro atoms. The molecule has 10 heteroatoms. The maximum absolute atomic E-state index is 13.5. The summed E-state index contributed by atoms with van der Waals surface area (Å²) in [5.41, 5.74) is 0.753. The van der Waals surface area contributed by atoms with E-state index >= 15 is 0 Å². The fourth-order valence-corrected chi connectivity index (χ4v) is 4.39. The third-order valence-corrected chi connectivity index (χ3v) is 6.49. The molecule has 0 aromatic carbocycles. The van der Waals surface area contributed by atoms with Gasteiger partial charge in [0.15, 0.2) is 0 Å². The summed E-state index contributed by atoms with van der Waals surface area (Å²) in [5.74, 6) is -1.49. The number of amides is 2. The minimum absolute atomic E-state index is 0.0134. The lowest BCUT2D eigenvalue weighted by atomic mass is 9.92. The van der Waals surface area contributed by atoms with Crippen LogP contribution in [0.5, 0.6) is 0 Å².